The molecule has 16 heavy (non-hydrogen) atoms. The fourth-order valence-electron chi connectivity index (χ4n) is 2.16. The van der Waals surface area contributed by atoms with Crippen LogP contribution in [0.15, 0.2) is 18.2 Å². The lowest BCUT2D eigenvalue weighted by atomic mass is 10.1. The van der Waals surface area contributed by atoms with Gasteiger partial charge in [0.05, 0.1) is 11.3 Å². The summed E-state index contributed by atoms with van der Waals surface area (Å²) in [5, 5.41) is 8.87. The number of hydrogen-bond acceptors (Lipinski definition) is 2. The Hall–Kier alpha value is -1.58. The highest BCUT2D eigenvalue weighted by Crippen LogP contribution is 2.28. The number of anilines is 1. The van der Waals surface area contributed by atoms with Gasteiger partial charge in [0.15, 0.2) is 0 Å². The van der Waals surface area contributed by atoms with Gasteiger partial charge in [-0.05, 0) is 38.0 Å². The molecule has 4 heteroatoms. The number of carbonyl (C=O) groups is 1. The smallest absolute Gasteiger partial charge is 0.335 e. The Morgan fingerprint density at radius 1 is 1.56 bits per heavy atom. The molecule has 1 heterocycles. The van der Waals surface area contributed by atoms with E-state index in [2.05, 4.69) is 0 Å². The standard InChI is InChI=1S/C12H14FNO2/c1-8-3-2-6-14(8)11-7-9(12(15)16)4-5-10(11)13/h4-5,7-8H,2-3,6H2,1H3,(H,15,16). The number of aromatic carboxylic acids is 1. The molecule has 0 amide bonds. The summed E-state index contributed by atoms with van der Waals surface area (Å²) in [4.78, 5) is 12.8. The van der Waals surface area contributed by atoms with E-state index in [0.717, 1.165) is 19.4 Å². The lowest BCUT2D eigenvalue weighted by molar-refractivity contribution is 0.0697. The highest BCUT2D eigenvalue weighted by atomic mass is 19.1. The maximum absolute atomic E-state index is 13.6. The fourth-order valence-corrected chi connectivity index (χ4v) is 2.16. The Labute approximate surface area is 93.5 Å². The highest BCUT2D eigenvalue weighted by molar-refractivity contribution is 5.88. The average Bonchev–Trinajstić information content (AvgIpc) is 2.65. The first-order valence-electron chi connectivity index (χ1n) is 5.39. The van der Waals surface area contributed by atoms with Crippen LogP contribution in [-0.4, -0.2) is 23.7 Å². The van der Waals surface area contributed by atoms with Crippen LogP contribution in [0.25, 0.3) is 0 Å². The van der Waals surface area contributed by atoms with Gasteiger partial charge in [0.1, 0.15) is 5.82 Å². The third-order valence-corrected chi connectivity index (χ3v) is 3.06. The summed E-state index contributed by atoms with van der Waals surface area (Å²) in [6, 6.07) is 4.21. The molecule has 1 aliphatic heterocycles. The summed E-state index contributed by atoms with van der Waals surface area (Å²) in [6.07, 6.45) is 2.05. The Balaban J connectivity index is 2.38. The fraction of sp³-hybridized carbons (Fsp3) is 0.417. The lowest BCUT2D eigenvalue weighted by Crippen LogP contribution is -2.27. The van der Waals surface area contributed by atoms with Crippen LogP contribution in [0.3, 0.4) is 0 Å². The maximum Gasteiger partial charge on any atom is 0.335 e. The number of carboxylic acids is 1. The van der Waals surface area contributed by atoms with Crippen molar-refractivity contribution < 1.29 is 14.3 Å². The van der Waals surface area contributed by atoms with Crippen molar-refractivity contribution in [3.63, 3.8) is 0 Å². The van der Waals surface area contributed by atoms with Gasteiger partial charge in [-0.2, -0.15) is 0 Å². The number of carboxylic acid groups (broad SMARTS) is 1. The monoisotopic (exact) mass is 223 g/mol. The molecule has 0 radical (unpaired) electrons. The van der Waals surface area contributed by atoms with Crippen molar-refractivity contribution in [1.29, 1.82) is 0 Å². The molecule has 1 atom stereocenters. The molecule has 1 unspecified atom stereocenters. The molecule has 0 aromatic heterocycles. The summed E-state index contributed by atoms with van der Waals surface area (Å²) in [6.45, 7) is 2.82. The van der Waals surface area contributed by atoms with E-state index < -0.39 is 5.97 Å². The van der Waals surface area contributed by atoms with Crippen molar-refractivity contribution in [2.24, 2.45) is 0 Å². The van der Waals surface area contributed by atoms with Gasteiger partial charge in [-0.15, -0.1) is 0 Å². The minimum Gasteiger partial charge on any atom is -0.478 e. The number of benzene rings is 1. The van der Waals surface area contributed by atoms with Crippen LogP contribution in [0.4, 0.5) is 10.1 Å². The summed E-state index contributed by atoms with van der Waals surface area (Å²) >= 11 is 0. The quantitative estimate of drug-likeness (QED) is 0.837. The van der Waals surface area contributed by atoms with Crippen LogP contribution in [0.1, 0.15) is 30.1 Å². The Morgan fingerprint density at radius 3 is 2.88 bits per heavy atom. The normalized spacial score (nSPS) is 20.1. The molecule has 0 bridgehead atoms. The predicted molar refractivity (Wildman–Crippen MR) is 59.4 cm³/mol. The molecular formula is C12H14FNO2. The summed E-state index contributed by atoms with van der Waals surface area (Å²) < 4.78 is 13.6. The van der Waals surface area contributed by atoms with Crippen LogP contribution < -0.4 is 4.90 Å². The second kappa shape index (κ2) is 4.12. The summed E-state index contributed by atoms with van der Waals surface area (Å²) in [5.41, 5.74) is 0.542. The number of rotatable bonds is 2. The number of nitrogens with zero attached hydrogens (tertiary/aromatic N) is 1. The molecule has 0 spiro atoms. The zero-order chi connectivity index (χ0) is 11.7. The van der Waals surface area contributed by atoms with Gasteiger partial charge in [0.25, 0.3) is 0 Å². The van der Waals surface area contributed by atoms with Crippen LogP contribution in [0.2, 0.25) is 0 Å². The topological polar surface area (TPSA) is 40.5 Å². The largest absolute Gasteiger partial charge is 0.478 e. The molecule has 0 saturated carbocycles. The molecule has 1 aromatic rings. The van der Waals surface area contributed by atoms with E-state index in [0.29, 0.717) is 5.69 Å². The lowest BCUT2D eigenvalue weighted by Gasteiger charge is -2.24. The Morgan fingerprint density at radius 2 is 2.31 bits per heavy atom. The molecule has 1 aliphatic rings. The van der Waals surface area contributed by atoms with E-state index in [9.17, 15) is 9.18 Å². The van der Waals surface area contributed by atoms with Gasteiger partial charge in [0, 0.05) is 12.6 Å². The van der Waals surface area contributed by atoms with Crippen LogP contribution in [0, 0.1) is 5.82 Å². The van der Waals surface area contributed by atoms with E-state index >= 15 is 0 Å². The Kier molecular flexibility index (Phi) is 2.81. The molecule has 2 rings (SSSR count). The molecule has 86 valence electrons. The zero-order valence-corrected chi connectivity index (χ0v) is 9.11. The minimum absolute atomic E-state index is 0.135. The van der Waals surface area contributed by atoms with Gasteiger partial charge < -0.3 is 10.0 Å². The van der Waals surface area contributed by atoms with Gasteiger partial charge in [-0.1, -0.05) is 0 Å². The molecule has 1 N–H and O–H groups in total. The van der Waals surface area contributed by atoms with Gasteiger partial charge in [0.2, 0.25) is 0 Å². The van der Waals surface area contributed by atoms with Gasteiger partial charge >= 0.3 is 5.97 Å². The molecule has 1 aromatic carbocycles. The third kappa shape index (κ3) is 1.87. The van der Waals surface area contributed by atoms with E-state index in [1.165, 1.54) is 18.2 Å². The number of halogens is 1. The summed E-state index contributed by atoms with van der Waals surface area (Å²) in [7, 11) is 0. The molecule has 1 saturated heterocycles. The first-order chi connectivity index (χ1) is 7.59. The zero-order valence-electron chi connectivity index (χ0n) is 9.11. The molecule has 0 aliphatic carbocycles. The van der Waals surface area contributed by atoms with E-state index in [1.807, 2.05) is 11.8 Å². The van der Waals surface area contributed by atoms with Crippen molar-refractivity contribution >= 4 is 11.7 Å². The van der Waals surface area contributed by atoms with E-state index in [4.69, 9.17) is 5.11 Å². The second-order valence-corrected chi connectivity index (χ2v) is 4.16. The molecule has 1 fully saturated rings. The van der Waals surface area contributed by atoms with Crippen LogP contribution in [-0.2, 0) is 0 Å². The first kappa shape index (κ1) is 10.9. The van der Waals surface area contributed by atoms with E-state index in [-0.39, 0.29) is 17.4 Å². The van der Waals surface area contributed by atoms with Crippen molar-refractivity contribution in [3.05, 3.63) is 29.6 Å². The van der Waals surface area contributed by atoms with Gasteiger partial charge in [-0.3, -0.25) is 0 Å². The summed E-state index contributed by atoms with van der Waals surface area (Å²) in [5.74, 6) is -1.37. The first-order valence-corrected chi connectivity index (χ1v) is 5.39. The maximum atomic E-state index is 13.6. The SMILES string of the molecule is CC1CCCN1c1cc(C(=O)O)ccc1F. The number of hydrogen-bond donors (Lipinski definition) is 1. The van der Waals surface area contributed by atoms with Crippen molar-refractivity contribution in [3.8, 4) is 0 Å². The predicted octanol–water partition coefficient (Wildman–Crippen LogP) is 2.51. The van der Waals surface area contributed by atoms with Crippen molar-refractivity contribution in [2.45, 2.75) is 25.8 Å². The van der Waals surface area contributed by atoms with Crippen molar-refractivity contribution in [2.75, 3.05) is 11.4 Å². The molecular weight excluding hydrogens is 209 g/mol. The average molecular weight is 223 g/mol. The van der Waals surface area contributed by atoms with Gasteiger partial charge in [-0.25, -0.2) is 9.18 Å². The second-order valence-electron chi connectivity index (χ2n) is 4.16. The van der Waals surface area contributed by atoms with Crippen LogP contribution >= 0.6 is 0 Å². The highest BCUT2D eigenvalue weighted by Gasteiger charge is 2.23. The van der Waals surface area contributed by atoms with E-state index in [1.54, 1.807) is 0 Å². The molecule has 3 nitrogen and oxygen atoms in total. The van der Waals surface area contributed by atoms with Crippen LogP contribution in [0.5, 0.6) is 0 Å². The third-order valence-electron chi connectivity index (χ3n) is 3.06. The van der Waals surface area contributed by atoms with Crippen molar-refractivity contribution in [1.82, 2.24) is 0 Å². The minimum atomic E-state index is -1.02. The Bertz CT molecular complexity index is 419.